The summed E-state index contributed by atoms with van der Waals surface area (Å²) in [5.74, 6) is -0.377. The summed E-state index contributed by atoms with van der Waals surface area (Å²) in [6, 6.07) is 0. The minimum atomic E-state index is -1.84. The molecule has 0 saturated heterocycles. The molecule has 0 amide bonds. The summed E-state index contributed by atoms with van der Waals surface area (Å²) >= 11 is 0. The Balaban J connectivity index is 3.86. The van der Waals surface area contributed by atoms with E-state index in [0.717, 1.165) is 38.5 Å². The second-order valence-electron chi connectivity index (χ2n) is 14.0. The van der Waals surface area contributed by atoms with Crippen molar-refractivity contribution in [3.63, 3.8) is 0 Å². The van der Waals surface area contributed by atoms with E-state index in [0.29, 0.717) is 6.42 Å². The van der Waals surface area contributed by atoms with Crippen molar-refractivity contribution in [3.8, 4) is 0 Å². The molecule has 0 aliphatic rings. The summed E-state index contributed by atoms with van der Waals surface area (Å²) in [5.41, 5.74) is -1.84. The van der Waals surface area contributed by atoms with Crippen LogP contribution in [-0.2, 0) is 9.59 Å². The number of hydrogen-bond donors (Lipinski definition) is 3. The van der Waals surface area contributed by atoms with Crippen molar-refractivity contribution in [3.05, 3.63) is 0 Å². The molecule has 3 N–H and O–H groups in total. The zero-order valence-corrected chi connectivity index (χ0v) is 30.5. The number of aliphatic hydroxyl groups excluding tert-OH is 1. The molecule has 0 bridgehead atoms. The monoisotopic (exact) mass is 638 g/mol. The molecule has 0 aliphatic carbocycles. The Morgan fingerprint density at radius 1 is 0.467 bits per heavy atom. The van der Waals surface area contributed by atoms with E-state index in [-0.39, 0.29) is 37.6 Å². The van der Waals surface area contributed by atoms with Crippen LogP contribution in [0.15, 0.2) is 0 Å². The molecule has 0 saturated carbocycles. The van der Waals surface area contributed by atoms with Crippen molar-refractivity contribution < 1.29 is 19.8 Å². The highest BCUT2D eigenvalue weighted by atomic mass is 16.3. The Kier molecular flexibility index (Phi) is 34.0. The van der Waals surface area contributed by atoms with E-state index in [1.165, 1.54) is 154 Å². The van der Waals surface area contributed by atoms with Crippen molar-refractivity contribution in [1.82, 2.24) is 5.32 Å². The first kappa shape index (κ1) is 44.2. The molecule has 1 unspecified atom stereocenters. The molecule has 0 fully saturated rings. The lowest BCUT2D eigenvalue weighted by Gasteiger charge is -2.27. The third-order valence-electron chi connectivity index (χ3n) is 9.51. The Labute approximate surface area is 280 Å². The van der Waals surface area contributed by atoms with Crippen molar-refractivity contribution in [2.24, 2.45) is 0 Å². The molecule has 268 valence electrons. The van der Waals surface area contributed by atoms with Gasteiger partial charge in [-0.3, -0.25) is 14.9 Å². The first-order valence-corrected chi connectivity index (χ1v) is 20.1. The van der Waals surface area contributed by atoms with Crippen LogP contribution in [-0.4, -0.2) is 40.7 Å². The van der Waals surface area contributed by atoms with Gasteiger partial charge in [0.25, 0.3) is 0 Å². The fourth-order valence-electron chi connectivity index (χ4n) is 6.45. The molecule has 0 aromatic carbocycles. The maximum absolute atomic E-state index is 12.9. The SMILES string of the molecule is CCCCCCCCCCCCCCCCCC(=O)CC(O)(NCCO)C(=O)CCCCCCCCCCCCCCCCC. The lowest BCUT2D eigenvalue weighted by molar-refractivity contribution is -0.146. The van der Waals surface area contributed by atoms with Crippen molar-refractivity contribution >= 4 is 11.6 Å². The molecule has 0 radical (unpaired) electrons. The van der Waals surface area contributed by atoms with Gasteiger partial charge in [-0.15, -0.1) is 0 Å². The zero-order valence-electron chi connectivity index (χ0n) is 30.5. The number of unbranched alkanes of at least 4 members (excludes halogenated alkanes) is 28. The molecule has 1 atom stereocenters. The Morgan fingerprint density at radius 2 is 0.756 bits per heavy atom. The number of nitrogens with one attached hydrogen (secondary N) is 1. The summed E-state index contributed by atoms with van der Waals surface area (Å²) in [7, 11) is 0. The minimum absolute atomic E-state index is 0.0672. The van der Waals surface area contributed by atoms with Gasteiger partial charge in [0, 0.05) is 19.4 Å². The fourth-order valence-corrected chi connectivity index (χ4v) is 6.45. The number of carbonyl (C=O) groups is 2. The largest absolute Gasteiger partial charge is 0.395 e. The standard InChI is InChI=1S/C40H79NO4/c1-3-5-7-9-11-13-15-17-19-21-23-25-27-29-31-33-38(43)37-40(45,41-35-36-42)39(44)34-32-30-28-26-24-22-20-18-16-14-12-10-8-6-4-2/h41-42,45H,3-37H2,1-2H3. The highest BCUT2D eigenvalue weighted by Gasteiger charge is 2.36. The van der Waals surface area contributed by atoms with E-state index in [4.69, 9.17) is 0 Å². The molecule has 45 heavy (non-hydrogen) atoms. The first-order chi connectivity index (χ1) is 22.0. The van der Waals surface area contributed by atoms with Gasteiger partial charge in [0.05, 0.1) is 13.0 Å². The molecule has 0 aromatic heterocycles. The summed E-state index contributed by atoms with van der Waals surface area (Å²) < 4.78 is 0. The van der Waals surface area contributed by atoms with Crippen LogP contribution in [0.2, 0.25) is 0 Å². The predicted molar refractivity (Wildman–Crippen MR) is 194 cm³/mol. The number of carbonyl (C=O) groups excluding carboxylic acids is 2. The molecule has 0 aliphatic heterocycles. The quantitative estimate of drug-likeness (QED) is 0.0463. The maximum atomic E-state index is 12.9. The maximum Gasteiger partial charge on any atom is 0.182 e. The molecular weight excluding hydrogens is 558 g/mol. The molecule has 0 rings (SSSR count). The molecule has 0 spiro atoms. The van der Waals surface area contributed by atoms with Crippen molar-refractivity contribution in [1.29, 1.82) is 0 Å². The van der Waals surface area contributed by atoms with Crippen LogP contribution in [0.4, 0.5) is 0 Å². The van der Waals surface area contributed by atoms with Gasteiger partial charge in [-0.1, -0.05) is 194 Å². The summed E-state index contributed by atoms with van der Waals surface area (Å²) in [4.78, 5) is 25.6. The highest BCUT2D eigenvalue weighted by molar-refractivity contribution is 5.92. The van der Waals surface area contributed by atoms with Crippen LogP contribution in [0.1, 0.15) is 226 Å². The third-order valence-corrected chi connectivity index (χ3v) is 9.51. The van der Waals surface area contributed by atoms with E-state index in [9.17, 15) is 19.8 Å². The average Bonchev–Trinajstić information content (AvgIpc) is 3.03. The smallest absolute Gasteiger partial charge is 0.182 e. The second kappa shape index (κ2) is 34.6. The van der Waals surface area contributed by atoms with Crippen LogP contribution >= 0.6 is 0 Å². The van der Waals surface area contributed by atoms with E-state index >= 15 is 0 Å². The lowest BCUT2D eigenvalue weighted by Crippen LogP contribution is -2.54. The van der Waals surface area contributed by atoms with Gasteiger partial charge >= 0.3 is 0 Å². The molecule has 5 nitrogen and oxygen atoms in total. The normalized spacial score (nSPS) is 12.9. The molecule has 0 heterocycles. The Hall–Kier alpha value is -0.780. The fraction of sp³-hybridized carbons (Fsp3) is 0.950. The van der Waals surface area contributed by atoms with Gasteiger partial charge in [-0.05, 0) is 12.8 Å². The van der Waals surface area contributed by atoms with Crippen LogP contribution < -0.4 is 5.32 Å². The summed E-state index contributed by atoms with van der Waals surface area (Å²) in [6.45, 7) is 4.46. The minimum Gasteiger partial charge on any atom is -0.395 e. The van der Waals surface area contributed by atoms with Gasteiger partial charge in [0.1, 0.15) is 5.78 Å². The zero-order chi connectivity index (χ0) is 33.1. The van der Waals surface area contributed by atoms with Gasteiger partial charge in [-0.2, -0.15) is 0 Å². The first-order valence-electron chi connectivity index (χ1n) is 20.1. The third kappa shape index (κ3) is 30.3. The Morgan fingerprint density at radius 3 is 1.07 bits per heavy atom. The van der Waals surface area contributed by atoms with Crippen molar-refractivity contribution in [2.75, 3.05) is 13.2 Å². The van der Waals surface area contributed by atoms with E-state index in [1.54, 1.807) is 0 Å². The number of Topliss-reactive ketones (excluding diaryl/α,β-unsaturated/α-hetero) is 2. The lowest BCUT2D eigenvalue weighted by atomic mass is 9.94. The van der Waals surface area contributed by atoms with Crippen molar-refractivity contribution in [2.45, 2.75) is 231 Å². The van der Waals surface area contributed by atoms with Crippen LogP contribution in [0, 0.1) is 0 Å². The van der Waals surface area contributed by atoms with Crippen LogP contribution in [0.5, 0.6) is 0 Å². The second-order valence-corrected chi connectivity index (χ2v) is 14.0. The number of hydrogen-bond acceptors (Lipinski definition) is 5. The topological polar surface area (TPSA) is 86.6 Å². The number of rotatable bonds is 38. The van der Waals surface area contributed by atoms with Gasteiger partial charge in [0.15, 0.2) is 11.5 Å². The van der Waals surface area contributed by atoms with Crippen LogP contribution in [0.3, 0.4) is 0 Å². The Bertz CT molecular complexity index is 640. The van der Waals surface area contributed by atoms with Gasteiger partial charge in [-0.25, -0.2) is 0 Å². The van der Waals surface area contributed by atoms with Gasteiger partial charge in [0.2, 0.25) is 0 Å². The highest BCUT2D eigenvalue weighted by Crippen LogP contribution is 2.19. The molecular formula is C40H79NO4. The molecule has 0 aromatic rings. The summed E-state index contributed by atoms with van der Waals surface area (Å²) in [5, 5.41) is 23.0. The number of ketones is 2. The average molecular weight is 638 g/mol. The van der Waals surface area contributed by atoms with E-state index in [2.05, 4.69) is 19.2 Å². The van der Waals surface area contributed by atoms with Crippen LogP contribution in [0.25, 0.3) is 0 Å². The van der Waals surface area contributed by atoms with Gasteiger partial charge < -0.3 is 10.2 Å². The predicted octanol–water partition coefficient (Wildman–Crippen LogP) is 11.3. The van der Waals surface area contributed by atoms with E-state index in [1.807, 2.05) is 0 Å². The molecule has 5 heteroatoms. The number of aliphatic hydroxyl groups is 2. The van der Waals surface area contributed by atoms with E-state index < -0.39 is 5.72 Å². The summed E-state index contributed by atoms with van der Waals surface area (Å²) in [6.07, 6.45) is 38.7.